The largest absolute Gasteiger partial charge is 0.493 e. The summed E-state index contributed by atoms with van der Waals surface area (Å²) in [5.74, 6) is -0.328. The highest BCUT2D eigenvalue weighted by Gasteiger charge is 2.21. The number of nitrogens with one attached hydrogen (secondary N) is 1. The van der Waals surface area contributed by atoms with Gasteiger partial charge in [-0.05, 0) is 42.8 Å². The van der Waals surface area contributed by atoms with Crippen LogP contribution >= 0.6 is 15.9 Å². The van der Waals surface area contributed by atoms with Crippen LogP contribution in [0.3, 0.4) is 0 Å². The molecule has 0 aliphatic carbocycles. The molecule has 138 valence electrons. The number of carboxylic acid groups (broad SMARTS) is 1. The molecule has 0 heterocycles. The molecule has 7 heteroatoms. The average Bonchev–Trinajstić information content (AvgIpc) is 2.61. The van der Waals surface area contributed by atoms with Gasteiger partial charge in [-0.2, -0.15) is 0 Å². The first kappa shape index (κ1) is 19.8. The van der Waals surface area contributed by atoms with E-state index < -0.39 is 12.0 Å². The first-order chi connectivity index (χ1) is 12.4. The van der Waals surface area contributed by atoms with Crippen molar-refractivity contribution in [3.05, 3.63) is 58.1 Å². The van der Waals surface area contributed by atoms with Gasteiger partial charge in [0.05, 0.1) is 26.2 Å². The first-order valence-electron chi connectivity index (χ1n) is 8.03. The van der Waals surface area contributed by atoms with Crippen LogP contribution in [0.5, 0.6) is 11.5 Å². The highest BCUT2D eigenvalue weighted by Crippen LogP contribution is 2.31. The fourth-order valence-electron chi connectivity index (χ4n) is 2.47. The Balaban J connectivity index is 2.29. The second kappa shape index (κ2) is 9.24. The smallest absolute Gasteiger partial charge is 0.305 e. The maximum absolute atomic E-state index is 12.5. The van der Waals surface area contributed by atoms with E-state index in [0.717, 1.165) is 4.47 Å². The molecule has 0 spiro atoms. The van der Waals surface area contributed by atoms with Gasteiger partial charge in [0.15, 0.2) is 11.5 Å². The van der Waals surface area contributed by atoms with Gasteiger partial charge < -0.3 is 19.9 Å². The molecule has 0 saturated carbocycles. The lowest BCUT2D eigenvalue weighted by Gasteiger charge is -2.19. The van der Waals surface area contributed by atoms with Crippen molar-refractivity contribution >= 4 is 27.8 Å². The van der Waals surface area contributed by atoms with Gasteiger partial charge >= 0.3 is 5.97 Å². The normalized spacial score (nSPS) is 11.5. The van der Waals surface area contributed by atoms with Crippen LogP contribution in [0, 0.1) is 0 Å². The van der Waals surface area contributed by atoms with E-state index in [1.807, 2.05) is 13.0 Å². The van der Waals surface area contributed by atoms with Crippen LogP contribution < -0.4 is 14.8 Å². The van der Waals surface area contributed by atoms with Gasteiger partial charge in [-0.15, -0.1) is 0 Å². The van der Waals surface area contributed by atoms with Gasteiger partial charge in [0.25, 0.3) is 5.91 Å². The lowest BCUT2D eigenvalue weighted by atomic mass is 10.0. The number of methoxy groups -OCH3 is 1. The molecule has 26 heavy (non-hydrogen) atoms. The molecule has 0 aliphatic heterocycles. The van der Waals surface area contributed by atoms with E-state index in [-0.39, 0.29) is 12.3 Å². The van der Waals surface area contributed by atoms with E-state index in [2.05, 4.69) is 21.2 Å². The van der Waals surface area contributed by atoms with Gasteiger partial charge in [-0.25, -0.2) is 0 Å². The Morgan fingerprint density at radius 1 is 1.19 bits per heavy atom. The quantitative estimate of drug-likeness (QED) is 0.676. The topological polar surface area (TPSA) is 84.9 Å². The molecule has 0 aromatic heterocycles. The van der Waals surface area contributed by atoms with Gasteiger partial charge in [-0.3, -0.25) is 9.59 Å². The van der Waals surface area contributed by atoms with Crippen LogP contribution in [-0.4, -0.2) is 30.7 Å². The Labute approximate surface area is 160 Å². The molecule has 0 bridgehead atoms. The van der Waals surface area contributed by atoms with Crippen molar-refractivity contribution in [1.29, 1.82) is 0 Å². The van der Waals surface area contributed by atoms with E-state index in [4.69, 9.17) is 9.47 Å². The minimum atomic E-state index is -1.02. The Morgan fingerprint density at radius 2 is 1.96 bits per heavy atom. The molecule has 0 radical (unpaired) electrons. The summed E-state index contributed by atoms with van der Waals surface area (Å²) in [5, 5.41) is 12.0. The SMILES string of the molecule is CCOc1ccc([C@@H](CC(=O)O)NC(=O)c2cccc(Br)c2)cc1OC. The van der Waals surface area contributed by atoms with Crippen LogP contribution in [0.15, 0.2) is 46.9 Å². The summed E-state index contributed by atoms with van der Waals surface area (Å²) in [6.07, 6.45) is -0.253. The molecular formula is C19H20BrNO5. The van der Waals surface area contributed by atoms with Crippen molar-refractivity contribution in [3.63, 3.8) is 0 Å². The summed E-state index contributed by atoms with van der Waals surface area (Å²) < 4.78 is 11.5. The minimum Gasteiger partial charge on any atom is -0.493 e. The third-order valence-electron chi connectivity index (χ3n) is 3.66. The van der Waals surface area contributed by atoms with E-state index in [1.165, 1.54) is 7.11 Å². The maximum Gasteiger partial charge on any atom is 0.305 e. The van der Waals surface area contributed by atoms with Gasteiger partial charge in [-0.1, -0.05) is 28.1 Å². The third-order valence-corrected chi connectivity index (χ3v) is 4.15. The average molecular weight is 422 g/mol. The van der Waals surface area contributed by atoms with Gasteiger partial charge in [0.1, 0.15) is 0 Å². The van der Waals surface area contributed by atoms with Crippen molar-refractivity contribution in [1.82, 2.24) is 5.32 Å². The maximum atomic E-state index is 12.5. The fourth-order valence-corrected chi connectivity index (χ4v) is 2.87. The van der Waals surface area contributed by atoms with Gasteiger partial charge in [0, 0.05) is 10.0 Å². The Morgan fingerprint density at radius 3 is 2.58 bits per heavy atom. The highest BCUT2D eigenvalue weighted by molar-refractivity contribution is 9.10. The van der Waals surface area contributed by atoms with Crippen molar-refractivity contribution < 1.29 is 24.2 Å². The van der Waals surface area contributed by atoms with E-state index in [0.29, 0.717) is 29.2 Å². The van der Waals surface area contributed by atoms with Crippen molar-refractivity contribution in [2.45, 2.75) is 19.4 Å². The van der Waals surface area contributed by atoms with Crippen LogP contribution in [0.1, 0.15) is 35.3 Å². The first-order valence-corrected chi connectivity index (χ1v) is 8.82. The molecule has 0 fully saturated rings. The van der Waals surface area contributed by atoms with E-state index in [1.54, 1.807) is 36.4 Å². The Hall–Kier alpha value is -2.54. The molecule has 1 amide bonds. The molecule has 2 N–H and O–H groups in total. The summed E-state index contributed by atoms with van der Waals surface area (Å²) in [6, 6.07) is 11.3. The van der Waals surface area contributed by atoms with Crippen molar-refractivity contribution in [2.75, 3.05) is 13.7 Å². The molecule has 2 aromatic rings. The number of carbonyl (C=O) groups is 2. The van der Waals surface area contributed by atoms with Crippen LogP contribution in [0.25, 0.3) is 0 Å². The monoisotopic (exact) mass is 421 g/mol. The molecule has 0 aliphatic rings. The summed E-state index contributed by atoms with van der Waals surface area (Å²) in [6.45, 7) is 2.34. The van der Waals surface area contributed by atoms with Crippen molar-refractivity contribution in [2.24, 2.45) is 0 Å². The van der Waals surface area contributed by atoms with E-state index >= 15 is 0 Å². The molecule has 0 saturated heterocycles. The number of benzene rings is 2. The van der Waals surface area contributed by atoms with Crippen molar-refractivity contribution in [3.8, 4) is 11.5 Å². The minimum absolute atomic E-state index is 0.253. The zero-order valence-electron chi connectivity index (χ0n) is 14.5. The summed E-state index contributed by atoms with van der Waals surface area (Å²) in [5.41, 5.74) is 1.06. The lowest BCUT2D eigenvalue weighted by molar-refractivity contribution is -0.137. The number of rotatable bonds is 8. The zero-order chi connectivity index (χ0) is 19.1. The van der Waals surface area contributed by atoms with Gasteiger partial charge in [0.2, 0.25) is 0 Å². The predicted molar refractivity (Wildman–Crippen MR) is 101 cm³/mol. The fraction of sp³-hybridized carbons (Fsp3) is 0.263. The molecule has 1 atom stereocenters. The number of hydrogen-bond donors (Lipinski definition) is 2. The third kappa shape index (κ3) is 5.23. The standard InChI is InChI=1S/C19H20BrNO5/c1-3-26-16-8-7-12(10-17(16)25-2)15(11-18(22)23)21-19(24)13-5-4-6-14(20)9-13/h4-10,15H,3,11H2,1-2H3,(H,21,24)(H,22,23)/t15-/m1/s1. The molecular weight excluding hydrogens is 402 g/mol. The summed E-state index contributed by atoms with van der Waals surface area (Å²) in [4.78, 5) is 23.8. The number of ether oxygens (including phenoxy) is 2. The second-order valence-electron chi connectivity index (χ2n) is 5.48. The summed E-state index contributed by atoms with van der Waals surface area (Å²) in [7, 11) is 1.51. The highest BCUT2D eigenvalue weighted by atomic mass is 79.9. The predicted octanol–water partition coefficient (Wildman–Crippen LogP) is 3.80. The van der Waals surface area contributed by atoms with Crippen LogP contribution in [0.4, 0.5) is 0 Å². The van der Waals surface area contributed by atoms with Crippen LogP contribution in [-0.2, 0) is 4.79 Å². The Kier molecular flexibility index (Phi) is 7.03. The number of aliphatic carboxylic acids is 1. The number of amides is 1. The Bertz CT molecular complexity index is 793. The van der Waals surface area contributed by atoms with Crippen LogP contribution in [0.2, 0.25) is 0 Å². The second-order valence-corrected chi connectivity index (χ2v) is 6.39. The summed E-state index contributed by atoms with van der Waals surface area (Å²) >= 11 is 3.32. The molecule has 0 unspecified atom stereocenters. The number of carbonyl (C=O) groups excluding carboxylic acids is 1. The van der Waals surface area contributed by atoms with E-state index in [9.17, 15) is 14.7 Å². The number of halogens is 1. The number of hydrogen-bond acceptors (Lipinski definition) is 4. The zero-order valence-corrected chi connectivity index (χ0v) is 16.1. The molecule has 2 aromatic carbocycles. The molecule has 6 nitrogen and oxygen atoms in total. The molecule has 2 rings (SSSR count). The lowest BCUT2D eigenvalue weighted by Crippen LogP contribution is -2.30. The number of carboxylic acids is 1.